The van der Waals surface area contributed by atoms with Gasteiger partial charge >= 0.3 is 0 Å². The number of likely N-dealkylation sites (tertiary alicyclic amines) is 1. The first-order valence-electron chi connectivity index (χ1n) is 8.18. The molecule has 3 rings (SSSR count). The van der Waals surface area contributed by atoms with E-state index in [1.54, 1.807) is 19.2 Å². The standard InChI is InChI=1S/C19H21ClN2O2/c1-24-18-10-9-14(13-16(18)20)21-17-8-4-3-7-15(17)19(23)22-11-5-2-6-12-22/h3-4,7-10,13,21H,2,5-6,11-12H2,1H3. The number of nitrogens with one attached hydrogen (secondary N) is 1. The van der Waals surface area contributed by atoms with E-state index in [2.05, 4.69) is 5.32 Å². The summed E-state index contributed by atoms with van der Waals surface area (Å²) < 4.78 is 5.17. The number of hydrogen-bond donors (Lipinski definition) is 1. The second kappa shape index (κ2) is 7.58. The van der Waals surface area contributed by atoms with Crippen LogP contribution in [0.25, 0.3) is 0 Å². The zero-order valence-corrected chi connectivity index (χ0v) is 14.5. The molecule has 1 aliphatic rings. The second-order valence-electron chi connectivity index (χ2n) is 5.87. The average molecular weight is 345 g/mol. The van der Waals surface area contributed by atoms with Gasteiger partial charge in [-0.15, -0.1) is 0 Å². The minimum absolute atomic E-state index is 0.0809. The molecule has 4 nitrogen and oxygen atoms in total. The number of piperidine rings is 1. The van der Waals surface area contributed by atoms with Gasteiger partial charge in [-0.25, -0.2) is 0 Å². The second-order valence-corrected chi connectivity index (χ2v) is 6.28. The lowest BCUT2D eigenvalue weighted by Crippen LogP contribution is -2.35. The number of carbonyl (C=O) groups excluding carboxylic acids is 1. The van der Waals surface area contributed by atoms with Crippen molar-refractivity contribution < 1.29 is 9.53 Å². The molecule has 0 spiro atoms. The van der Waals surface area contributed by atoms with Crippen LogP contribution in [0, 0.1) is 0 Å². The molecule has 5 heteroatoms. The van der Waals surface area contributed by atoms with Crippen molar-refractivity contribution >= 4 is 28.9 Å². The summed E-state index contributed by atoms with van der Waals surface area (Å²) >= 11 is 6.18. The number of rotatable bonds is 4. The molecule has 0 radical (unpaired) electrons. The van der Waals surface area contributed by atoms with Crippen LogP contribution in [0.2, 0.25) is 5.02 Å². The summed E-state index contributed by atoms with van der Waals surface area (Å²) in [4.78, 5) is 14.8. The summed E-state index contributed by atoms with van der Waals surface area (Å²) in [5, 5.41) is 3.83. The molecule has 1 fully saturated rings. The predicted octanol–water partition coefficient (Wildman–Crippen LogP) is 4.72. The van der Waals surface area contributed by atoms with Gasteiger partial charge in [0.15, 0.2) is 0 Å². The van der Waals surface area contributed by atoms with Gasteiger partial charge in [0.05, 0.1) is 23.4 Å². The van der Waals surface area contributed by atoms with E-state index in [1.165, 1.54) is 6.42 Å². The number of methoxy groups -OCH3 is 1. The first-order valence-corrected chi connectivity index (χ1v) is 8.55. The van der Waals surface area contributed by atoms with Crippen molar-refractivity contribution in [2.75, 3.05) is 25.5 Å². The molecule has 0 aliphatic carbocycles. The Bertz CT molecular complexity index is 727. The summed E-state index contributed by atoms with van der Waals surface area (Å²) in [6, 6.07) is 13.1. The van der Waals surface area contributed by atoms with Crippen LogP contribution in [0.15, 0.2) is 42.5 Å². The lowest BCUT2D eigenvalue weighted by Gasteiger charge is -2.27. The normalized spacial score (nSPS) is 14.3. The number of amides is 1. The van der Waals surface area contributed by atoms with Crippen molar-refractivity contribution in [2.24, 2.45) is 0 Å². The number of halogens is 1. The molecule has 0 aromatic heterocycles. The van der Waals surface area contributed by atoms with E-state index < -0.39 is 0 Å². The van der Waals surface area contributed by atoms with Gasteiger partial charge in [-0.3, -0.25) is 4.79 Å². The van der Waals surface area contributed by atoms with Crippen LogP contribution < -0.4 is 10.1 Å². The fraction of sp³-hybridized carbons (Fsp3) is 0.316. The maximum atomic E-state index is 12.8. The number of nitrogens with zero attached hydrogens (tertiary/aromatic N) is 1. The van der Waals surface area contributed by atoms with Gasteiger partial charge < -0.3 is 15.0 Å². The van der Waals surface area contributed by atoms with Crippen LogP contribution in [0.5, 0.6) is 5.75 Å². The SMILES string of the molecule is COc1ccc(Nc2ccccc2C(=O)N2CCCCC2)cc1Cl. The van der Waals surface area contributed by atoms with Crippen LogP contribution in [-0.2, 0) is 0 Å². The molecule has 1 saturated heterocycles. The maximum Gasteiger partial charge on any atom is 0.255 e. The molecular formula is C19H21ClN2O2. The molecule has 2 aromatic rings. The Kier molecular flexibility index (Phi) is 5.26. The molecule has 126 valence electrons. The van der Waals surface area contributed by atoms with Gasteiger partial charge in [0.1, 0.15) is 5.75 Å². The fourth-order valence-corrected chi connectivity index (χ4v) is 3.20. The molecule has 0 atom stereocenters. The van der Waals surface area contributed by atoms with Crippen LogP contribution in [0.4, 0.5) is 11.4 Å². The van der Waals surface area contributed by atoms with E-state index in [9.17, 15) is 4.79 Å². The van der Waals surface area contributed by atoms with E-state index in [4.69, 9.17) is 16.3 Å². The highest BCUT2D eigenvalue weighted by atomic mass is 35.5. The highest BCUT2D eigenvalue weighted by Gasteiger charge is 2.20. The van der Waals surface area contributed by atoms with Crippen molar-refractivity contribution in [2.45, 2.75) is 19.3 Å². The Labute approximate surface area is 147 Å². The molecule has 0 unspecified atom stereocenters. The summed E-state index contributed by atoms with van der Waals surface area (Å²) in [5.41, 5.74) is 2.29. The molecule has 24 heavy (non-hydrogen) atoms. The topological polar surface area (TPSA) is 41.6 Å². The number of hydrogen-bond acceptors (Lipinski definition) is 3. The fourth-order valence-electron chi connectivity index (χ4n) is 2.95. The molecular weight excluding hydrogens is 324 g/mol. The van der Waals surface area contributed by atoms with E-state index in [0.29, 0.717) is 16.3 Å². The Hall–Kier alpha value is -2.20. The zero-order valence-electron chi connectivity index (χ0n) is 13.7. The minimum Gasteiger partial charge on any atom is -0.495 e. The monoisotopic (exact) mass is 344 g/mol. The number of para-hydroxylation sites is 1. The van der Waals surface area contributed by atoms with Crippen molar-refractivity contribution in [3.63, 3.8) is 0 Å². The molecule has 0 saturated carbocycles. The lowest BCUT2D eigenvalue weighted by atomic mass is 10.1. The van der Waals surface area contributed by atoms with E-state index in [-0.39, 0.29) is 5.91 Å². The first-order chi connectivity index (χ1) is 11.7. The van der Waals surface area contributed by atoms with Gasteiger partial charge in [-0.2, -0.15) is 0 Å². The van der Waals surface area contributed by atoms with Crippen molar-refractivity contribution in [3.8, 4) is 5.75 Å². The molecule has 1 aliphatic heterocycles. The molecule has 0 bridgehead atoms. The number of benzene rings is 2. The third kappa shape index (κ3) is 3.65. The van der Waals surface area contributed by atoms with E-state index in [1.807, 2.05) is 35.2 Å². The number of carbonyl (C=O) groups is 1. The molecule has 1 heterocycles. The van der Waals surface area contributed by atoms with Gasteiger partial charge in [-0.05, 0) is 49.6 Å². The van der Waals surface area contributed by atoms with Crippen molar-refractivity contribution in [1.29, 1.82) is 0 Å². The van der Waals surface area contributed by atoms with Crippen LogP contribution in [0.3, 0.4) is 0 Å². The Morgan fingerprint density at radius 2 is 1.88 bits per heavy atom. The number of anilines is 2. The highest BCUT2D eigenvalue weighted by molar-refractivity contribution is 6.32. The first kappa shape index (κ1) is 16.7. The Morgan fingerprint density at radius 1 is 1.12 bits per heavy atom. The molecule has 2 aromatic carbocycles. The molecule has 1 amide bonds. The van der Waals surface area contributed by atoms with Crippen LogP contribution in [0.1, 0.15) is 29.6 Å². The van der Waals surface area contributed by atoms with Crippen molar-refractivity contribution in [3.05, 3.63) is 53.1 Å². The highest BCUT2D eigenvalue weighted by Crippen LogP contribution is 2.30. The van der Waals surface area contributed by atoms with Crippen LogP contribution >= 0.6 is 11.6 Å². The van der Waals surface area contributed by atoms with Crippen molar-refractivity contribution in [1.82, 2.24) is 4.90 Å². The average Bonchev–Trinajstić information content (AvgIpc) is 2.62. The Morgan fingerprint density at radius 3 is 2.58 bits per heavy atom. The smallest absolute Gasteiger partial charge is 0.255 e. The van der Waals surface area contributed by atoms with E-state index >= 15 is 0 Å². The quantitative estimate of drug-likeness (QED) is 0.872. The summed E-state index contributed by atoms with van der Waals surface area (Å²) in [6.45, 7) is 1.67. The predicted molar refractivity (Wildman–Crippen MR) is 97.5 cm³/mol. The zero-order chi connectivity index (χ0) is 16.9. The third-order valence-electron chi connectivity index (χ3n) is 4.23. The Balaban J connectivity index is 1.83. The van der Waals surface area contributed by atoms with Gasteiger partial charge in [0, 0.05) is 18.8 Å². The number of ether oxygens (including phenoxy) is 1. The third-order valence-corrected chi connectivity index (χ3v) is 4.53. The van der Waals surface area contributed by atoms with E-state index in [0.717, 1.165) is 37.3 Å². The van der Waals surface area contributed by atoms with Crippen LogP contribution in [-0.4, -0.2) is 31.0 Å². The minimum atomic E-state index is 0.0809. The lowest BCUT2D eigenvalue weighted by molar-refractivity contribution is 0.0725. The van der Waals surface area contributed by atoms with Gasteiger partial charge in [0.25, 0.3) is 5.91 Å². The maximum absolute atomic E-state index is 12.8. The molecule has 1 N–H and O–H groups in total. The summed E-state index contributed by atoms with van der Waals surface area (Å²) in [6.07, 6.45) is 3.36. The van der Waals surface area contributed by atoms with Gasteiger partial charge in [-0.1, -0.05) is 23.7 Å². The largest absolute Gasteiger partial charge is 0.495 e. The summed E-state index contributed by atoms with van der Waals surface area (Å²) in [7, 11) is 1.58. The van der Waals surface area contributed by atoms with Gasteiger partial charge in [0.2, 0.25) is 0 Å². The summed E-state index contributed by atoms with van der Waals surface area (Å²) in [5.74, 6) is 0.706.